The van der Waals surface area contributed by atoms with Crippen molar-refractivity contribution in [1.29, 1.82) is 0 Å². The monoisotopic (exact) mass is 272 g/mol. The molecule has 3 N–H and O–H groups in total. The Kier molecular flexibility index (Phi) is 4.40. The van der Waals surface area contributed by atoms with Crippen molar-refractivity contribution >= 4 is 5.69 Å². The molecule has 0 spiro atoms. The van der Waals surface area contributed by atoms with E-state index in [1.807, 2.05) is 44.2 Å². The Morgan fingerprint density at radius 1 is 1.10 bits per heavy atom. The molecule has 0 heterocycles. The van der Waals surface area contributed by atoms with Crippen molar-refractivity contribution in [2.24, 2.45) is 5.73 Å². The molecule has 0 bridgehead atoms. The maximum absolute atomic E-state index is 13.8. The van der Waals surface area contributed by atoms with Crippen LogP contribution in [-0.2, 0) is 6.42 Å². The first kappa shape index (κ1) is 14.5. The summed E-state index contributed by atoms with van der Waals surface area (Å²) in [6.07, 6.45) is 0.546. The largest absolute Gasteiger partial charge is 0.378 e. The fourth-order valence-electron chi connectivity index (χ4n) is 2.21. The van der Waals surface area contributed by atoms with Gasteiger partial charge >= 0.3 is 0 Å². The third-order valence-corrected chi connectivity index (χ3v) is 3.49. The fraction of sp³-hybridized carbons (Fsp3) is 0.294. The van der Waals surface area contributed by atoms with Crippen LogP contribution in [0.3, 0.4) is 0 Å². The summed E-state index contributed by atoms with van der Waals surface area (Å²) in [6, 6.07) is 15.0. The zero-order valence-electron chi connectivity index (χ0n) is 12.0. The molecule has 0 amide bonds. The summed E-state index contributed by atoms with van der Waals surface area (Å²) in [4.78, 5) is 0. The molecule has 1 unspecified atom stereocenters. The lowest BCUT2D eigenvalue weighted by molar-refractivity contribution is 0.502. The maximum Gasteiger partial charge on any atom is 0.126 e. The molecule has 2 rings (SSSR count). The van der Waals surface area contributed by atoms with Gasteiger partial charge in [-0.3, -0.25) is 0 Å². The van der Waals surface area contributed by atoms with E-state index in [2.05, 4.69) is 5.32 Å². The minimum atomic E-state index is -0.378. The van der Waals surface area contributed by atoms with E-state index in [0.29, 0.717) is 18.5 Å². The van der Waals surface area contributed by atoms with Crippen molar-refractivity contribution in [3.8, 4) is 0 Å². The molecule has 0 aliphatic rings. The minimum absolute atomic E-state index is 0.183. The number of anilines is 1. The molecule has 0 aliphatic heterocycles. The van der Waals surface area contributed by atoms with Crippen LogP contribution in [0.25, 0.3) is 0 Å². The lowest BCUT2D eigenvalue weighted by Gasteiger charge is -2.31. The van der Waals surface area contributed by atoms with Crippen molar-refractivity contribution in [2.45, 2.75) is 25.8 Å². The van der Waals surface area contributed by atoms with Gasteiger partial charge in [0.15, 0.2) is 0 Å². The van der Waals surface area contributed by atoms with E-state index in [1.165, 1.54) is 11.6 Å². The van der Waals surface area contributed by atoms with Gasteiger partial charge in [0, 0.05) is 12.2 Å². The highest BCUT2D eigenvalue weighted by atomic mass is 19.1. The van der Waals surface area contributed by atoms with Crippen LogP contribution in [0.5, 0.6) is 0 Å². The number of hydrogen-bond donors (Lipinski definition) is 2. The van der Waals surface area contributed by atoms with E-state index in [-0.39, 0.29) is 11.4 Å². The fourth-order valence-corrected chi connectivity index (χ4v) is 2.21. The van der Waals surface area contributed by atoms with Crippen LogP contribution in [0, 0.1) is 12.7 Å². The third-order valence-electron chi connectivity index (χ3n) is 3.49. The summed E-state index contributed by atoms with van der Waals surface area (Å²) in [6.45, 7) is 4.49. The molecule has 0 fully saturated rings. The number of halogens is 1. The Hall–Kier alpha value is -1.87. The average molecular weight is 272 g/mol. The van der Waals surface area contributed by atoms with Crippen molar-refractivity contribution in [3.05, 3.63) is 65.5 Å². The molecule has 1 atom stereocenters. The summed E-state index contributed by atoms with van der Waals surface area (Å²) >= 11 is 0. The zero-order chi connectivity index (χ0) is 14.6. The summed E-state index contributed by atoms with van der Waals surface area (Å²) in [5, 5.41) is 3.42. The molecule has 2 nitrogen and oxygen atoms in total. The molecule has 0 saturated heterocycles. The molecule has 20 heavy (non-hydrogen) atoms. The van der Waals surface area contributed by atoms with Gasteiger partial charge in [-0.2, -0.15) is 0 Å². The predicted molar refractivity (Wildman–Crippen MR) is 82.4 cm³/mol. The van der Waals surface area contributed by atoms with E-state index in [4.69, 9.17) is 5.73 Å². The molecule has 3 heteroatoms. The first-order valence-corrected chi connectivity index (χ1v) is 6.81. The van der Waals surface area contributed by atoms with Gasteiger partial charge in [0.1, 0.15) is 5.82 Å². The molecular formula is C17H21FN2. The predicted octanol–water partition coefficient (Wildman–Crippen LogP) is 3.51. The molecule has 0 radical (unpaired) electrons. The number of rotatable bonds is 5. The van der Waals surface area contributed by atoms with Crippen LogP contribution in [-0.4, -0.2) is 12.1 Å². The van der Waals surface area contributed by atoms with Gasteiger partial charge in [-0.1, -0.05) is 35.9 Å². The number of aryl methyl sites for hydroxylation is 1. The van der Waals surface area contributed by atoms with Gasteiger partial charge in [-0.15, -0.1) is 0 Å². The molecule has 0 saturated carbocycles. The normalized spacial score (nSPS) is 13.8. The van der Waals surface area contributed by atoms with Crippen molar-refractivity contribution in [1.82, 2.24) is 0 Å². The van der Waals surface area contributed by atoms with Gasteiger partial charge in [-0.05, 0) is 44.0 Å². The summed E-state index contributed by atoms with van der Waals surface area (Å²) in [7, 11) is 0. The highest BCUT2D eigenvalue weighted by Gasteiger charge is 2.24. The van der Waals surface area contributed by atoms with Crippen LogP contribution >= 0.6 is 0 Å². The van der Waals surface area contributed by atoms with Crippen LogP contribution in [0.15, 0.2) is 48.5 Å². The van der Waals surface area contributed by atoms with Crippen LogP contribution in [0.1, 0.15) is 18.1 Å². The van der Waals surface area contributed by atoms with Gasteiger partial charge in [-0.25, -0.2) is 4.39 Å². The minimum Gasteiger partial charge on any atom is -0.378 e. The Balaban J connectivity index is 2.17. The molecular weight excluding hydrogens is 251 g/mol. The van der Waals surface area contributed by atoms with E-state index >= 15 is 0 Å². The highest BCUT2D eigenvalue weighted by Crippen LogP contribution is 2.21. The molecule has 0 aliphatic carbocycles. The molecule has 106 valence electrons. The second kappa shape index (κ2) is 6.06. The number of benzene rings is 2. The van der Waals surface area contributed by atoms with E-state index in [9.17, 15) is 4.39 Å². The number of nitrogens with two attached hydrogens (primary N) is 1. The van der Waals surface area contributed by atoms with Gasteiger partial charge in [0.2, 0.25) is 0 Å². The first-order chi connectivity index (χ1) is 9.52. The lowest BCUT2D eigenvalue weighted by atomic mass is 9.92. The quantitative estimate of drug-likeness (QED) is 0.874. The van der Waals surface area contributed by atoms with Gasteiger partial charge in [0.05, 0.1) is 5.54 Å². The first-order valence-electron chi connectivity index (χ1n) is 6.81. The topological polar surface area (TPSA) is 38.0 Å². The third kappa shape index (κ3) is 3.58. The smallest absolute Gasteiger partial charge is 0.126 e. The molecule has 2 aromatic carbocycles. The Morgan fingerprint density at radius 2 is 1.75 bits per heavy atom. The maximum atomic E-state index is 13.8. The van der Waals surface area contributed by atoms with Crippen molar-refractivity contribution < 1.29 is 4.39 Å². The molecule has 0 aromatic heterocycles. The molecule has 2 aromatic rings. The SMILES string of the molecule is Cc1ccc(NC(C)(CN)Cc2ccccc2F)cc1. The zero-order valence-corrected chi connectivity index (χ0v) is 12.0. The van der Waals surface area contributed by atoms with Crippen molar-refractivity contribution in [3.63, 3.8) is 0 Å². The van der Waals surface area contributed by atoms with Gasteiger partial charge in [0.25, 0.3) is 0 Å². The lowest BCUT2D eigenvalue weighted by Crippen LogP contribution is -2.44. The van der Waals surface area contributed by atoms with Gasteiger partial charge < -0.3 is 11.1 Å². The summed E-state index contributed by atoms with van der Waals surface area (Å²) in [5.41, 5.74) is 8.41. The van der Waals surface area contributed by atoms with Crippen LogP contribution in [0.2, 0.25) is 0 Å². The average Bonchev–Trinajstić information content (AvgIpc) is 2.44. The highest BCUT2D eigenvalue weighted by molar-refractivity contribution is 5.47. The Bertz CT molecular complexity index is 565. The second-order valence-corrected chi connectivity index (χ2v) is 5.52. The Morgan fingerprint density at radius 3 is 2.35 bits per heavy atom. The van der Waals surface area contributed by atoms with E-state index in [0.717, 1.165) is 5.69 Å². The Labute approximate surface area is 119 Å². The number of hydrogen-bond acceptors (Lipinski definition) is 2. The second-order valence-electron chi connectivity index (χ2n) is 5.52. The summed E-state index contributed by atoms with van der Waals surface area (Å²) < 4.78 is 13.8. The van der Waals surface area contributed by atoms with Crippen LogP contribution in [0.4, 0.5) is 10.1 Å². The van der Waals surface area contributed by atoms with Crippen LogP contribution < -0.4 is 11.1 Å². The summed E-state index contributed by atoms with van der Waals surface area (Å²) in [5.74, 6) is -0.183. The standard InChI is InChI=1S/C17H21FN2/c1-13-7-9-15(10-8-13)20-17(2,12-19)11-14-5-3-4-6-16(14)18/h3-10,20H,11-12,19H2,1-2H3. The van der Waals surface area contributed by atoms with Crippen molar-refractivity contribution in [2.75, 3.05) is 11.9 Å². The van der Waals surface area contributed by atoms with E-state index in [1.54, 1.807) is 12.1 Å². The number of nitrogens with one attached hydrogen (secondary N) is 1. The van der Waals surface area contributed by atoms with E-state index < -0.39 is 0 Å².